The van der Waals surface area contributed by atoms with E-state index < -0.39 is 29.0 Å². The molecule has 12 heteroatoms. The van der Waals surface area contributed by atoms with Gasteiger partial charge >= 0.3 is 6.09 Å². The zero-order chi connectivity index (χ0) is 35.9. The van der Waals surface area contributed by atoms with Gasteiger partial charge < -0.3 is 38.6 Å². The second-order valence-electron chi connectivity index (χ2n) is 13.9. The van der Waals surface area contributed by atoms with Gasteiger partial charge in [-0.15, -0.1) is 12.4 Å². The largest absolute Gasteiger partial charge is 0.501 e. The summed E-state index contributed by atoms with van der Waals surface area (Å²) in [5.74, 6) is 0.661. The van der Waals surface area contributed by atoms with Crippen LogP contribution in [-0.4, -0.2) is 91.7 Å². The molecule has 0 radical (unpaired) electrons. The van der Waals surface area contributed by atoms with E-state index in [4.69, 9.17) is 28.4 Å². The molecular weight excluding hydrogens is 676 g/mol. The number of hydrogen-bond donors (Lipinski definition) is 1. The van der Waals surface area contributed by atoms with Crippen molar-refractivity contribution < 1.29 is 42.8 Å². The summed E-state index contributed by atoms with van der Waals surface area (Å²) in [6.45, 7) is 15.2. The summed E-state index contributed by atoms with van der Waals surface area (Å²) in [5, 5.41) is 3.31. The maximum Gasteiger partial charge on any atom is 0.410 e. The van der Waals surface area contributed by atoms with Crippen LogP contribution < -0.4 is 14.8 Å². The van der Waals surface area contributed by atoms with Crippen molar-refractivity contribution in [3.05, 3.63) is 71.5 Å². The van der Waals surface area contributed by atoms with Gasteiger partial charge in [0.05, 0.1) is 29.6 Å². The Morgan fingerprint density at radius 1 is 0.882 bits per heavy atom. The lowest BCUT2D eigenvalue weighted by molar-refractivity contribution is -0.198. The van der Waals surface area contributed by atoms with Gasteiger partial charge in [-0.2, -0.15) is 0 Å². The van der Waals surface area contributed by atoms with Crippen molar-refractivity contribution in [2.45, 2.75) is 90.3 Å². The maximum absolute atomic E-state index is 13.5. The van der Waals surface area contributed by atoms with E-state index >= 15 is 0 Å². The maximum atomic E-state index is 13.5. The van der Waals surface area contributed by atoms with E-state index in [-0.39, 0.29) is 30.1 Å². The Kier molecular flexibility index (Phi) is 13.6. The van der Waals surface area contributed by atoms with E-state index in [1.165, 1.54) is 0 Å². The summed E-state index contributed by atoms with van der Waals surface area (Å²) < 4.78 is 35.3. The summed E-state index contributed by atoms with van der Waals surface area (Å²) in [7, 11) is 0. The number of carbonyl (C=O) groups is 3. The zero-order valence-electron chi connectivity index (χ0n) is 30.7. The van der Waals surface area contributed by atoms with Gasteiger partial charge in [-0.1, -0.05) is 24.3 Å². The summed E-state index contributed by atoms with van der Waals surface area (Å²) >= 11 is 0. The number of rotatable bonds is 7. The van der Waals surface area contributed by atoms with E-state index in [1.807, 2.05) is 84.0 Å². The fourth-order valence-corrected chi connectivity index (χ4v) is 7.09. The summed E-state index contributed by atoms with van der Waals surface area (Å²) in [6, 6.07) is 14.7. The van der Waals surface area contributed by atoms with Crippen LogP contribution in [0, 0.1) is 5.92 Å². The number of ketones is 2. The average Bonchev–Trinajstić information content (AvgIpc) is 3.09. The smallest absolute Gasteiger partial charge is 0.410 e. The molecule has 2 saturated heterocycles. The lowest BCUT2D eigenvalue weighted by Crippen LogP contribution is -2.61. The number of amides is 1. The molecule has 11 nitrogen and oxygen atoms in total. The number of carbonyl (C=O) groups excluding carboxylic acids is 3. The van der Waals surface area contributed by atoms with Gasteiger partial charge in [-0.25, -0.2) is 4.79 Å². The van der Waals surface area contributed by atoms with Gasteiger partial charge in [-0.05, 0) is 78.9 Å². The highest BCUT2D eigenvalue weighted by atomic mass is 35.5. The number of benzene rings is 2. The first kappa shape index (κ1) is 40.1. The van der Waals surface area contributed by atoms with Crippen LogP contribution in [0.5, 0.6) is 11.5 Å². The topological polar surface area (TPSA) is 122 Å². The lowest BCUT2D eigenvalue weighted by Gasteiger charge is -2.49. The van der Waals surface area contributed by atoms with Gasteiger partial charge in [-0.3, -0.25) is 9.59 Å². The van der Waals surface area contributed by atoms with Crippen LogP contribution in [0.2, 0.25) is 0 Å². The standard InChI is InChI=1S/C23H33NO6.C16H19NO3.ClH/c1-6-27-20(28-7-2)18-19(25)16-10-8-9-11-17(16)29-23(18)12-14-24(15-13-23)21(26)30-22(3,4)5;1-2-19-11-13-15(18)12-5-3-4-6-14(12)20-16(13)7-9-17-10-8-16;/h8-11,18,20H,6-7,12-15H2,1-5H3;3-6,11,17H,2,7-10H2,1H3;1H/b;13-11+;. The lowest BCUT2D eigenvalue weighted by atomic mass is 9.73. The molecule has 0 saturated carbocycles. The molecular formula is C39H53ClN2O9. The molecule has 2 fully saturated rings. The molecule has 51 heavy (non-hydrogen) atoms. The second-order valence-corrected chi connectivity index (χ2v) is 13.9. The molecule has 4 heterocycles. The first-order valence-corrected chi connectivity index (χ1v) is 17.9. The number of nitrogens with zero attached hydrogens (tertiary/aromatic N) is 1. The van der Waals surface area contributed by atoms with E-state index in [2.05, 4.69) is 5.32 Å². The van der Waals surface area contributed by atoms with Crippen LogP contribution in [0.4, 0.5) is 4.79 Å². The highest BCUT2D eigenvalue weighted by Crippen LogP contribution is 2.45. The molecule has 1 amide bonds. The van der Waals surface area contributed by atoms with Crippen molar-refractivity contribution in [3.63, 3.8) is 0 Å². The molecule has 0 aromatic heterocycles. The first-order valence-electron chi connectivity index (χ1n) is 17.9. The number of para-hydroxylation sites is 2. The Morgan fingerprint density at radius 3 is 2.02 bits per heavy atom. The summed E-state index contributed by atoms with van der Waals surface area (Å²) in [5.41, 5.74) is -0.0561. The normalized spacial score (nSPS) is 21.0. The monoisotopic (exact) mass is 728 g/mol. The number of likely N-dealkylation sites (tertiary alicyclic amines) is 1. The quantitative estimate of drug-likeness (QED) is 0.186. The Labute approximate surface area is 307 Å². The molecule has 4 aliphatic rings. The predicted molar refractivity (Wildman–Crippen MR) is 195 cm³/mol. The van der Waals surface area contributed by atoms with Crippen LogP contribution in [0.3, 0.4) is 0 Å². The predicted octanol–water partition coefficient (Wildman–Crippen LogP) is 6.77. The van der Waals surface area contributed by atoms with Crippen LogP contribution in [0.15, 0.2) is 60.4 Å². The number of nitrogens with one attached hydrogen (secondary N) is 1. The van der Waals surface area contributed by atoms with Crippen molar-refractivity contribution in [1.82, 2.24) is 10.2 Å². The minimum atomic E-state index is -0.793. The minimum Gasteiger partial charge on any atom is -0.501 e. The van der Waals surface area contributed by atoms with Crippen LogP contribution in [0.1, 0.15) is 87.9 Å². The second kappa shape index (κ2) is 17.3. The third-order valence-electron chi connectivity index (χ3n) is 9.46. The van der Waals surface area contributed by atoms with E-state index in [0.717, 1.165) is 25.9 Å². The van der Waals surface area contributed by atoms with Gasteiger partial charge in [0.2, 0.25) is 0 Å². The molecule has 1 unspecified atom stereocenters. The number of piperidine rings is 2. The number of fused-ring (bicyclic) bond motifs is 2. The highest BCUT2D eigenvalue weighted by molar-refractivity contribution is 6.12. The van der Waals surface area contributed by atoms with Crippen molar-refractivity contribution in [3.8, 4) is 11.5 Å². The highest BCUT2D eigenvalue weighted by Gasteiger charge is 2.55. The molecule has 280 valence electrons. The third-order valence-corrected chi connectivity index (χ3v) is 9.46. The van der Waals surface area contributed by atoms with Crippen LogP contribution in [0.25, 0.3) is 0 Å². The van der Waals surface area contributed by atoms with Crippen LogP contribution in [-0.2, 0) is 18.9 Å². The number of ether oxygens (including phenoxy) is 6. The third kappa shape index (κ3) is 8.88. The molecule has 0 bridgehead atoms. The molecule has 2 spiro atoms. The Bertz CT molecular complexity index is 1540. The number of hydrogen-bond acceptors (Lipinski definition) is 10. The van der Waals surface area contributed by atoms with Gasteiger partial charge in [0.25, 0.3) is 0 Å². The SMILES string of the molecule is CCO/C=C1\C(=O)c2ccccc2OC12CCNCC2.CCOC(OCC)C1C(=O)c2ccccc2OC12CCN(C(=O)OC(C)(C)C)CC2.Cl. The minimum absolute atomic E-state index is 0. The van der Waals surface area contributed by atoms with Gasteiger partial charge in [0, 0.05) is 52.0 Å². The zero-order valence-corrected chi connectivity index (χ0v) is 31.5. The average molecular weight is 729 g/mol. The fourth-order valence-electron chi connectivity index (χ4n) is 7.09. The van der Waals surface area contributed by atoms with Crippen molar-refractivity contribution in [2.75, 3.05) is 46.0 Å². The van der Waals surface area contributed by atoms with Gasteiger partial charge in [0.1, 0.15) is 34.2 Å². The van der Waals surface area contributed by atoms with E-state index in [9.17, 15) is 14.4 Å². The van der Waals surface area contributed by atoms with Crippen molar-refractivity contribution in [2.24, 2.45) is 5.92 Å². The summed E-state index contributed by atoms with van der Waals surface area (Å²) in [4.78, 5) is 40.5. The van der Waals surface area contributed by atoms with E-state index in [1.54, 1.807) is 17.2 Å². The Hall–Kier alpha value is -3.64. The van der Waals surface area contributed by atoms with Gasteiger partial charge in [0.15, 0.2) is 17.9 Å². The van der Waals surface area contributed by atoms with Crippen molar-refractivity contribution in [1.29, 1.82) is 0 Å². The number of Topliss-reactive ketones (excluding diaryl/α,β-unsaturated/α-hetero) is 2. The molecule has 2 aromatic rings. The molecule has 4 aliphatic heterocycles. The summed E-state index contributed by atoms with van der Waals surface area (Å²) in [6.07, 6.45) is 3.11. The molecule has 2 aromatic carbocycles. The van der Waals surface area contributed by atoms with E-state index in [0.29, 0.717) is 74.0 Å². The Balaban J connectivity index is 0.000000241. The first-order chi connectivity index (χ1) is 24.0. The molecule has 0 aliphatic carbocycles. The number of halogens is 1. The fraction of sp³-hybridized carbons (Fsp3) is 0.564. The van der Waals surface area contributed by atoms with Crippen molar-refractivity contribution >= 4 is 30.1 Å². The Morgan fingerprint density at radius 2 is 1.45 bits per heavy atom. The molecule has 1 atom stereocenters. The molecule has 6 rings (SSSR count). The van der Waals surface area contributed by atoms with Crippen LogP contribution >= 0.6 is 12.4 Å². The molecule has 1 N–H and O–H groups in total.